The van der Waals surface area contributed by atoms with E-state index < -0.39 is 5.91 Å². The average Bonchev–Trinajstić information content (AvgIpc) is 2.74. The van der Waals surface area contributed by atoms with Crippen LogP contribution in [0.2, 0.25) is 0 Å². The number of carbonyl (C=O) groups excluding carboxylic acids is 1. The van der Waals surface area contributed by atoms with Crippen LogP contribution in [0.4, 0.5) is 5.82 Å². The van der Waals surface area contributed by atoms with Crippen LogP contribution in [-0.2, 0) is 7.05 Å². The highest BCUT2D eigenvalue weighted by atomic mass is 32.1. The topological polar surface area (TPSA) is 113 Å². The van der Waals surface area contributed by atoms with E-state index in [-0.39, 0.29) is 22.1 Å². The summed E-state index contributed by atoms with van der Waals surface area (Å²) >= 11 is 4.87. The van der Waals surface area contributed by atoms with Crippen molar-refractivity contribution in [3.63, 3.8) is 0 Å². The van der Waals surface area contributed by atoms with E-state index >= 15 is 0 Å². The SMILES string of the molecule is Cn1ncc(C(N)=S)c1NC(=O)c1ccc(O)c(O)c1. The first kappa shape index (κ1) is 13.8. The molecule has 0 bridgehead atoms. The van der Waals surface area contributed by atoms with Crippen LogP contribution in [0.5, 0.6) is 11.5 Å². The number of aromatic hydroxyl groups is 2. The van der Waals surface area contributed by atoms with E-state index in [1.807, 2.05) is 0 Å². The Morgan fingerprint density at radius 1 is 1.40 bits per heavy atom. The molecule has 1 aromatic heterocycles. The fraction of sp³-hybridized carbons (Fsp3) is 0.0833. The van der Waals surface area contributed by atoms with Crippen molar-refractivity contribution < 1.29 is 15.0 Å². The third kappa shape index (κ3) is 2.54. The molecule has 2 aromatic rings. The van der Waals surface area contributed by atoms with Crippen molar-refractivity contribution in [3.05, 3.63) is 35.5 Å². The molecule has 0 spiro atoms. The van der Waals surface area contributed by atoms with Gasteiger partial charge in [0, 0.05) is 12.6 Å². The number of rotatable bonds is 3. The van der Waals surface area contributed by atoms with Gasteiger partial charge in [0.05, 0.1) is 11.8 Å². The zero-order valence-electron chi connectivity index (χ0n) is 10.5. The van der Waals surface area contributed by atoms with Crippen molar-refractivity contribution in [1.82, 2.24) is 9.78 Å². The predicted octanol–water partition coefficient (Wildman–Crippen LogP) is 0.718. The Labute approximate surface area is 119 Å². The van der Waals surface area contributed by atoms with Gasteiger partial charge in [-0.25, -0.2) is 0 Å². The summed E-state index contributed by atoms with van der Waals surface area (Å²) in [5.41, 5.74) is 6.16. The Hall–Kier alpha value is -2.61. The Bertz CT molecular complexity index is 696. The average molecular weight is 292 g/mol. The lowest BCUT2D eigenvalue weighted by molar-refractivity contribution is 0.102. The number of phenols is 2. The fourth-order valence-corrected chi connectivity index (χ4v) is 1.76. The van der Waals surface area contributed by atoms with Crippen molar-refractivity contribution in [1.29, 1.82) is 0 Å². The summed E-state index contributed by atoms with van der Waals surface area (Å²) in [6.07, 6.45) is 1.45. The second-order valence-electron chi connectivity index (χ2n) is 4.05. The highest BCUT2D eigenvalue weighted by molar-refractivity contribution is 7.80. The first-order valence-corrected chi connectivity index (χ1v) is 5.96. The summed E-state index contributed by atoms with van der Waals surface area (Å²) in [7, 11) is 1.63. The monoisotopic (exact) mass is 292 g/mol. The maximum atomic E-state index is 12.1. The number of nitrogens with zero attached hydrogens (tertiary/aromatic N) is 2. The van der Waals surface area contributed by atoms with Crippen molar-refractivity contribution >= 4 is 28.9 Å². The number of benzene rings is 1. The molecule has 0 atom stereocenters. The molecule has 0 aliphatic carbocycles. The highest BCUT2D eigenvalue weighted by Gasteiger charge is 2.15. The standard InChI is InChI=1S/C12H12N4O3S/c1-16-11(7(5-14-16)10(13)20)15-12(19)6-2-3-8(17)9(18)4-6/h2-5,17-18H,1H3,(H2,13,20)(H,15,19). The molecule has 0 aliphatic heterocycles. The lowest BCUT2D eigenvalue weighted by Gasteiger charge is -2.08. The zero-order valence-corrected chi connectivity index (χ0v) is 11.3. The molecule has 0 fully saturated rings. The zero-order chi connectivity index (χ0) is 14.9. The molecular formula is C12H12N4O3S. The van der Waals surface area contributed by atoms with E-state index in [9.17, 15) is 15.0 Å². The normalized spacial score (nSPS) is 10.2. The number of aromatic nitrogens is 2. The van der Waals surface area contributed by atoms with Gasteiger partial charge < -0.3 is 21.3 Å². The molecule has 20 heavy (non-hydrogen) atoms. The Balaban J connectivity index is 2.30. The number of amides is 1. The smallest absolute Gasteiger partial charge is 0.256 e. The van der Waals surface area contributed by atoms with Gasteiger partial charge in [0.15, 0.2) is 11.5 Å². The number of phenolic OH excluding ortho intramolecular Hbond substituents is 2. The molecule has 0 unspecified atom stereocenters. The van der Waals surface area contributed by atoms with E-state index in [1.54, 1.807) is 7.05 Å². The maximum Gasteiger partial charge on any atom is 0.256 e. The van der Waals surface area contributed by atoms with Gasteiger partial charge in [0.25, 0.3) is 5.91 Å². The van der Waals surface area contributed by atoms with E-state index in [4.69, 9.17) is 18.0 Å². The van der Waals surface area contributed by atoms with Crippen molar-refractivity contribution in [3.8, 4) is 11.5 Å². The number of nitrogens with two attached hydrogens (primary N) is 1. The molecule has 104 valence electrons. The van der Waals surface area contributed by atoms with Gasteiger partial charge in [-0.3, -0.25) is 9.48 Å². The summed E-state index contributed by atoms with van der Waals surface area (Å²) in [6, 6.07) is 3.75. The van der Waals surface area contributed by atoms with Gasteiger partial charge in [-0.1, -0.05) is 12.2 Å². The highest BCUT2D eigenvalue weighted by Crippen LogP contribution is 2.25. The van der Waals surface area contributed by atoms with Crippen LogP contribution in [0.1, 0.15) is 15.9 Å². The van der Waals surface area contributed by atoms with Crippen LogP contribution in [0, 0.1) is 0 Å². The number of hydrogen-bond donors (Lipinski definition) is 4. The molecule has 0 saturated carbocycles. The number of anilines is 1. The number of nitrogens with one attached hydrogen (secondary N) is 1. The minimum atomic E-state index is -0.485. The summed E-state index contributed by atoms with van der Waals surface area (Å²) < 4.78 is 1.42. The van der Waals surface area contributed by atoms with Gasteiger partial charge >= 0.3 is 0 Å². The van der Waals surface area contributed by atoms with Crippen LogP contribution in [0.25, 0.3) is 0 Å². The fourth-order valence-electron chi connectivity index (χ4n) is 1.61. The molecule has 1 amide bonds. The minimum absolute atomic E-state index is 0.113. The molecule has 1 aromatic carbocycles. The molecular weight excluding hydrogens is 280 g/mol. The van der Waals surface area contributed by atoms with E-state index in [0.717, 1.165) is 6.07 Å². The lowest BCUT2D eigenvalue weighted by atomic mass is 10.2. The summed E-state index contributed by atoms with van der Waals surface area (Å²) in [6.45, 7) is 0. The first-order valence-electron chi connectivity index (χ1n) is 5.55. The Morgan fingerprint density at radius 2 is 2.10 bits per heavy atom. The number of aryl methyl sites for hydroxylation is 1. The molecule has 7 nitrogen and oxygen atoms in total. The Morgan fingerprint density at radius 3 is 2.70 bits per heavy atom. The lowest BCUT2D eigenvalue weighted by Crippen LogP contribution is -2.18. The third-order valence-corrected chi connectivity index (χ3v) is 2.89. The van der Waals surface area contributed by atoms with E-state index in [0.29, 0.717) is 11.4 Å². The second-order valence-corrected chi connectivity index (χ2v) is 4.49. The quantitative estimate of drug-likeness (QED) is 0.489. The predicted molar refractivity (Wildman–Crippen MR) is 76.8 cm³/mol. The number of hydrogen-bond acceptors (Lipinski definition) is 5. The van der Waals surface area contributed by atoms with E-state index in [2.05, 4.69) is 10.4 Å². The van der Waals surface area contributed by atoms with Gasteiger partial charge in [0.1, 0.15) is 10.8 Å². The third-order valence-electron chi connectivity index (χ3n) is 2.67. The second kappa shape index (κ2) is 5.17. The largest absolute Gasteiger partial charge is 0.504 e. The van der Waals surface area contributed by atoms with Gasteiger partial charge in [0.2, 0.25) is 0 Å². The summed E-state index contributed by atoms with van der Waals surface area (Å²) in [5.74, 6) is -0.806. The van der Waals surface area contributed by atoms with Crippen LogP contribution >= 0.6 is 12.2 Å². The Kier molecular flexibility index (Phi) is 3.57. The molecule has 8 heteroatoms. The van der Waals surface area contributed by atoms with Gasteiger partial charge in [-0.2, -0.15) is 5.10 Å². The van der Waals surface area contributed by atoms with Crippen LogP contribution < -0.4 is 11.1 Å². The number of thiocarbonyl (C=S) groups is 1. The molecule has 1 heterocycles. The summed E-state index contributed by atoms with van der Waals surface area (Å²) in [4.78, 5) is 12.2. The molecule has 5 N–H and O–H groups in total. The van der Waals surface area contributed by atoms with Crippen LogP contribution in [0.3, 0.4) is 0 Å². The number of carbonyl (C=O) groups is 1. The molecule has 0 aliphatic rings. The van der Waals surface area contributed by atoms with Gasteiger partial charge in [-0.05, 0) is 18.2 Å². The first-order chi connectivity index (χ1) is 9.40. The van der Waals surface area contributed by atoms with Crippen LogP contribution in [0.15, 0.2) is 24.4 Å². The summed E-state index contributed by atoms with van der Waals surface area (Å²) in [5, 5.41) is 25.2. The maximum absolute atomic E-state index is 12.1. The molecule has 2 rings (SSSR count). The minimum Gasteiger partial charge on any atom is -0.504 e. The van der Waals surface area contributed by atoms with Crippen molar-refractivity contribution in [2.75, 3.05) is 5.32 Å². The molecule has 0 saturated heterocycles. The van der Waals surface area contributed by atoms with Gasteiger partial charge in [-0.15, -0.1) is 0 Å². The van der Waals surface area contributed by atoms with Crippen molar-refractivity contribution in [2.45, 2.75) is 0 Å². The molecule has 0 radical (unpaired) electrons. The van der Waals surface area contributed by atoms with Crippen LogP contribution in [-0.4, -0.2) is 30.9 Å². The van der Waals surface area contributed by atoms with Crippen molar-refractivity contribution in [2.24, 2.45) is 12.8 Å². The van der Waals surface area contributed by atoms with E-state index in [1.165, 1.54) is 23.0 Å².